The normalized spacial score (nSPS) is 15.6. The topological polar surface area (TPSA) is 92.5 Å². The lowest BCUT2D eigenvalue weighted by Crippen LogP contribution is -2.29. The molecule has 7 nitrogen and oxygen atoms in total. The summed E-state index contributed by atoms with van der Waals surface area (Å²) in [4.78, 5) is 17.8. The summed E-state index contributed by atoms with van der Waals surface area (Å²) in [6.45, 7) is 10.5. The second-order valence-corrected chi connectivity index (χ2v) is 10.7. The second-order valence-electron chi connectivity index (χ2n) is 10.7. The average molecular weight is 453 g/mol. The lowest BCUT2D eigenvalue weighted by Gasteiger charge is -2.21. The van der Waals surface area contributed by atoms with Crippen LogP contribution in [-0.4, -0.2) is 32.6 Å². The molecule has 1 N–H and O–H groups in total. The molecule has 1 aromatic carbocycles. The number of ether oxygens (including phenoxy) is 1. The van der Waals surface area contributed by atoms with Crippen molar-refractivity contribution in [1.29, 1.82) is 5.26 Å². The lowest BCUT2D eigenvalue weighted by atomic mass is 9.92. The van der Waals surface area contributed by atoms with Crippen LogP contribution >= 0.6 is 0 Å². The number of aromatic nitrogens is 2. The number of rotatable bonds is 6. The van der Waals surface area contributed by atoms with Crippen LogP contribution in [0.15, 0.2) is 29.3 Å². The minimum atomic E-state index is -1.06. The van der Waals surface area contributed by atoms with Gasteiger partial charge in [0.15, 0.2) is 5.49 Å². The first-order valence-corrected chi connectivity index (χ1v) is 11.6. The maximum Gasteiger partial charge on any atom is 0.282 e. The Balaban J connectivity index is 2.07. The summed E-state index contributed by atoms with van der Waals surface area (Å²) in [5.74, 6) is 0.413. The monoisotopic (exact) mass is 452 g/mol. The van der Waals surface area contributed by atoms with Gasteiger partial charge in [-0.05, 0) is 50.8 Å². The number of carbonyl (C=O) groups is 1. The highest BCUT2D eigenvalue weighted by Gasteiger charge is 2.24. The van der Waals surface area contributed by atoms with Gasteiger partial charge < -0.3 is 9.84 Å². The van der Waals surface area contributed by atoms with Crippen LogP contribution in [0.5, 0.6) is 5.75 Å². The van der Waals surface area contributed by atoms with Crippen LogP contribution in [-0.2, 0) is 19.0 Å². The van der Waals surface area contributed by atoms with Crippen molar-refractivity contribution in [2.24, 2.45) is 18.0 Å². The molecule has 0 aliphatic heterocycles. The van der Waals surface area contributed by atoms with Crippen LogP contribution < -0.4 is 10.2 Å². The number of hydrogen-bond donors (Lipinski definition) is 1. The zero-order chi connectivity index (χ0) is 24.4. The molecule has 178 valence electrons. The molecule has 3 rings (SSSR count). The summed E-state index contributed by atoms with van der Waals surface area (Å²) in [6.07, 6.45) is 4.87. The second kappa shape index (κ2) is 9.56. The van der Waals surface area contributed by atoms with Crippen LogP contribution in [0.4, 0.5) is 0 Å². The zero-order valence-electron chi connectivity index (χ0n) is 20.7. The standard InChI is InChI=1S/C26H36N4O3/c1-25(2,3)22-14-23(30(29(22)6)16-18-9-7-8-10-18)28-24(31)20-13-19(15-27)11-12-21(20)33-17-26(4,5)32/h11-14,18,32H,7-10,16-17H2,1-6H3/b28-23+. The molecule has 0 unspecified atom stereocenters. The molecular formula is C26H36N4O3. The van der Waals surface area contributed by atoms with Crippen LogP contribution in [0.2, 0.25) is 0 Å². The summed E-state index contributed by atoms with van der Waals surface area (Å²) in [5.41, 5.74) is 1.10. The molecule has 0 radical (unpaired) electrons. The first kappa shape index (κ1) is 24.8. The molecule has 1 heterocycles. The summed E-state index contributed by atoms with van der Waals surface area (Å²) >= 11 is 0. The van der Waals surface area contributed by atoms with Crippen molar-refractivity contribution in [1.82, 2.24) is 9.36 Å². The van der Waals surface area contributed by atoms with E-state index in [9.17, 15) is 15.2 Å². The molecule has 0 bridgehead atoms. The molecule has 0 atom stereocenters. The summed E-state index contributed by atoms with van der Waals surface area (Å²) in [6, 6.07) is 8.74. The van der Waals surface area contributed by atoms with Crippen LogP contribution in [0.1, 0.15) is 81.9 Å². The molecule has 0 saturated heterocycles. The first-order valence-electron chi connectivity index (χ1n) is 11.6. The summed E-state index contributed by atoms with van der Waals surface area (Å²) in [7, 11) is 2.02. The van der Waals surface area contributed by atoms with Crippen molar-refractivity contribution < 1.29 is 14.6 Å². The number of carbonyl (C=O) groups excluding carboxylic acids is 1. The quantitative estimate of drug-likeness (QED) is 0.715. The minimum Gasteiger partial charge on any atom is -0.490 e. The Morgan fingerprint density at radius 1 is 1.21 bits per heavy atom. The van der Waals surface area contributed by atoms with Gasteiger partial charge in [-0.1, -0.05) is 33.6 Å². The molecule has 1 fully saturated rings. The molecule has 1 aliphatic rings. The van der Waals surface area contributed by atoms with E-state index in [-0.39, 0.29) is 17.6 Å². The summed E-state index contributed by atoms with van der Waals surface area (Å²) < 4.78 is 9.94. The fourth-order valence-electron chi connectivity index (χ4n) is 4.33. The smallest absolute Gasteiger partial charge is 0.282 e. The highest BCUT2D eigenvalue weighted by Crippen LogP contribution is 2.27. The van der Waals surface area contributed by atoms with Crippen molar-refractivity contribution in [2.45, 2.75) is 77.9 Å². The van der Waals surface area contributed by atoms with Crippen LogP contribution in [0.3, 0.4) is 0 Å². The number of hydrogen-bond acceptors (Lipinski definition) is 4. The Labute approximate surface area is 196 Å². The van der Waals surface area contributed by atoms with Gasteiger partial charge in [0.25, 0.3) is 5.91 Å². The number of aliphatic hydroxyl groups is 1. The lowest BCUT2D eigenvalue weighted by molar-refractivity contribution is 0.0281. The predicted octanol–water partition coefficient (Wildman–Crippen LogP) is 4.08. The molecule has 0 spiro atoms. The zero-order valence-corrected chi connectivity index (χ0v) is 20.7. The first-order chi connectivity index (χ1) is 15.4. The number of amides is 1. The van der Waals surface area contributed by atoms with Crippen molar-refractivity contribution in [3.63, 3.8) is 0 Å². The molecule has 7 heteroatoms. The predicted molar refractivity (Wildman–Crippen MR) is 127 cm³/mol. The van der Waals surface area contributed by atoms with Crippen molar-refractivity contribution >= 4 is 5.91 Å². The van der Waals surface area contributed by atoms with E-state index in [4.69, 9.17) is 4.74 Å². The van der Waals surface area contributed by atoms with Gasteiger partial charge in [-0.15, -0.1) is 0 Å². The fourth-order valence-corrected chi connectivity index (χ4v) is 4.33. The van der Waals surface area contributed by atoms with E-state index in [1.54, 1.807) is 26.0 Å². The van der Waals surface area contributed by atoms with Gasteiger partial charge in [0.1, 0.15) is 12.4 Å². The van der Waals surface area contributed by atoms with E-state index >= 15 is 0 Å². The largest absolute Gasteiger partial charge is 0.490 e. The Hall–Kier alpha value is -2.85. The van der Waals surface area contributed by atoms with Gasteiger partial charge in [0, 0.05) is 30.8 Å². The molecule has 1 aromatic heterocycles. The molecular weight excluding hydrogens is 416 g/mol. The van der Waals surface area contributed by atoms with Crippen LogP contribution in [0, 0.1) is 17.2 Å². The SMILES string of the molecule is Cn1c(C(C)(C)C)c/c(=N\C(=O)c2cc(C#N)ccc2OCC(C)(C)O)n1CC1CCCC1. The van der Waals surface area contributed by atoms with Gasteiger partial charge in [0.2, 0.25) is 0 Å². The van der Waals surface area contributed by atoms with Crippen LogP contribution in [0.25, 0.3) is 0 Å². The highest BCUT2D eigenvalue weighted by atomic mass is 16.5. The van der Waals surface area contributed by atoms with E-state index in [2.05, 4.69) is 41.2 Å². The highest BCUT2D eigenvalue weighted by molar-refractivity contribution is 5.98. The molecule has 1 amide bonds. The minimum absolute atomic E-state index is 0.0143. The molecule has 2 aromatic rings. The summed E-state index contributed by atoms with van der Waals surface area (Å²) in [5, 5.41) is 19.4. The number of nitrogens with zero attached hydrogens (tertiary/aromatic N) is 4. The Kier molecular flexibility index (Phi) is 7.18. The number of benzene rings is 1. The maximum absolute atomic E-state index is 13.3. The Bertz CT molecular complexity index is 1110. The van der Waals surface area contributed by atoms with E-state index in [1.807, 2.05) is 13.1 Å². The van der Waals surface area contributed by atoms with E-state index in [0.717, 1.165) is 12.2 Å². The van der Waals surface area contributed by atoms with Gasteiger partial charge in [-0.25, -0.2) is 0 Å². The van der Waals surface area contributed by atoms with Gasteiger partial charge in [0.05, 0.1) is 22.8 Å². The third-order valence-electron chi connectivity index (χ3n) is 6.05. The van der Waals surface area contributed by atoms with E-state index < -0.39 is 11.5 Å². The van der Waals surface area contributed by atoms with Gasteiger partial charge in [-0.2, -0.15) is 10.3 Å². The maximum atomic E-state index is 13.3. The van der Waals surface area contributed by atoms with Gasteiger partial charge in [-0.3, -0.25) is 14.2 Å². The third kappa shape index (κ3) is 6.14. The van der Waals surface area contributed by atoms with Gasteiger partial charge >= 0.3 is 0 Å². The third-order valence-corrected chi connectivity index (χ3v) is 6.05. The molecule has 1 aliphatic carbocycles. The fraction of sp³-hybridized carbons (Fsp3) is 0.577. The Morgan fingerprint density at radius 2 is 1.88 bits per heavy atom. The molecule has 1 saturated carbocycles. The molecule has 33 heavy (non-hydrogen) atoms. The average Bonchev–Trinajstić information content (AvgIpc) is 3.35. The Morgan fingerprint density at radius 3 is 2.45 bits per heavy atom. The van der Waals surface area contributed by atoms with Crippen molar-refractivity contribution in [3.05, 3.63) is 46.6 Å². The number of nitriles is 1. The van der Waals surface area contributed by atoms with Crippen molar-refractivity contribution in [2.75, 3.05) is 6.61 Å². The van der Waals surface area contributed by atoms with E-state index in [0.29, 0.717) is 22.7 Å². The van der Waals surface area contributed by atoms with Crippen molar-refractivity contribution in [3.8, 4) is 11.8 Å². The van der Waals surface area contributed by atoms with E-state index in [1.165, 1.54) is 31.7 Å².